The maximum absolute atomic E-state index is 6.23. The molecule has 0 saturated heterocycles. The fraction of sp³-hybridized carbons (Fsp3) is 0.0909. The zero-order valence-corrected chi connectivity index (χ0v) is 10.00. The normalized spacial score (nSPS) is 13.1. The van der Waals surface area contributed by atoms with Crippen LogP contribution < -0.4 is 4.35 Å². The molecule has 2 rings (SSSR count). The van der Waals surface area contributed by atoms with E-state index < -0.39 is 13.7 Å². The van der Waals surface area contributed by atoms with Gasteiger partial charge < -0.3 is 0 Å². The van der Waals surface area contributed by atoms with Crippen molar-refractivity contribution in [3.8, 4) is 0 Å². The van der Waals surface area contributed by atoms with Crippen molar-refractivity contribution in [3.05, 3.63) is 42.5 Å². The molecule has 0 fully saturated rings. The van der Waals surface area contributed by atoms with Gasteiger partial charge in [0.05, 0.1) is 0 Å². The van der Waals surface area contributed by atoms with Gasteiger partial charge in [0, 0.05) is 0 Å². The van der Waals surface area contributed by atoms with Crippen LogP contribution in [0.25, 0.3) is 10.8 Å². The van der Waals surface area contributed by atoms with E-state index in [0.717, 1.165) is 0 Å². The predicted octanol–water partition coefficient (Wildman–Crippen LogP) is 2.91. The number of fused-ring (bicyclic) bond motifs is 1. The van der Waals surface area contributed by atoms with Gasteiger partial charge in [0.1, 0.15) is 0 Å². The van der Waals surface area contributed by atoms with Crippen molar-refractivity contribution < 1.29 is 0 Å². The van der Waals surface area contributed by atoms with Crippen LogP contribution in [0, 0.1) is 0 Å². The fourth-order valence-corrected chi connectivity index (χ4v) is 3.98. The topological polar surface area (TPSA) is 0 Å². The molecule has 0 radical (unpaired) electrons. The first kappa shape index (κ1) is 9.12. The van der Waals surface area contributed by atoms with Crippen LogP contribution in [0.15, 0.2) is 42.5 Å². The Morgan fingerprint density at radius 2 is 1.69 bits per heavy atom. The number of benzene rings is 2. The minimum absolute atomic E-state index is 1.27. The van der Waals surface area contributed by atoms with Gasteiger partial charge in [-0.05, 0) is 0 Å². The predicted molar refractivity (Wildman–Crippen MR) is 61.1 cm³/mol. The number of rotatable bonds is 1. The van der Waals surface area contributed by atoms with Crippen molar-refractivity contribution in [2.45, 2.75) is 5.71 Å². The minimum atomic E-state index is -1.27. The van der Waals surface area contributed by atoms with E-state index in [9.17, 15) is 0 Å². The van der Waals surface area contributed by atoms with Gasteiger partial charge in [-0.1, -0.05) is 0 Å². The second kappa shape index (κ2) is 3.73. The molecule has 0 saturated carbocycles. The summed E-state index contributed by atoms with van der Waals surface area (Å²) in [6.45, 7) is 0. The molecule has 0 aliphatic rings. The molecule has 13 heavy (non-hydrogen) atoms. The molecule has 2 aromatic rings. The van der Waals surface area contributed by atoms with E-state index in [4.69, 9.17) is 9.95 Å². The molecule has 0 bridgehead atoms. The van der Waals surface area contributed by atoms with Gasteiger partial charge in [0.15, 0.2) is 0 Å². The molecule has 1 atom stereocenters. The standard InChI is InChI=1S/C11H10AsCl/c1-12(13)11-8-4-6-9-5-2-3-7-10(9)11/h2-8H,1H3. The van der Waals surface area contributed by atoms with Gasteiger partial charge in [-0.25, -0.2) is 0 Å². The molecule has 0 nitrogen and oxygen atoms in total. The molecular formula is C11H10AsCl. The van der Waals surface area contributed by atoms with Crippen molar-refractivity contribution >= 4 is 38.8 Å². The Bertz CT molecular complexity index is 418. The van der Waals surface area contributed by atoms with Crippen LogP contribution >= 0.6 is 9.95 Å². The second-order valence-corrected chi connectivity index (χ2v) is 8.62. The van der Waals surface area contributed by atoms with Crippen molar-refractivity contribution in [1.29, 1.82) is 0 Å². The summed E-state index contributed by atoms with van der Waals surface area (Å²) in [5, 5.41) is 2.62. The van der Waals surface area contributed by atoms with Gasteiger partial charge in [-0.15, -0.1) is 0 Å². The Morgan fingerprint density at radius 1 is 1.00 bits per heavy atom. The molecule has 66 valence electrons. The molecule has 0 N–H and O–H groups in total. The molecule has 0 aliphatic heterocycles. The SMILES string of the molecule is C[As](Cl)c1cccc2ccccc12. The summed E-state index contributed by atoms with van der Waals surface area (Å²) in [5.41, 5.74) is 2.15. The summed E-state index contributed by atoms with van der Waals surface area (Å²) < 4.78 is 1.35. The van der Waals surface area contributed by atoms with E-state index in [1.807, 2.05) is 0 Å². The van der Waals surface area contributed by atoms with Crippen molar-refractivity contribution in [3.63, 3.8) is 0 Å². The molecule has 0 spiro atoms. The van der Waals surface area contributed by atoms with E-state index in [-0.39, 0.29) is 0 Å². The van der Waals surface area contributed by atoms with Crippen LogP contribution in [-0.2, 0) is 0 Å². The number of hydrogen-bond donors (Lipinski definition) is 0. The van der Waals surface area contributed by atoms with Crippen LogP contribution in [0.2, 0.25) is 5.71 Å². The summed E-state index contributed by atoms with van der Waals surface area (Å²) in [5.74, 6) is 0. The summed E-state index contributed by atoms with van der Waals surface area (Å²) in [6, 6.07) is 14.8. The van der Waals surface area contributed by atoms with Crippen LogP contribution in [0.4, 0.5) is 0 Å². The second-order valence-electron chi connectivity index (χ2n) is 2.98. The van der Waals surface area contributed by atoms with Crippen molar-refractivity contribution in [1.82, 2.24) is 0 Å². The van der Waals surface area contributed by atoms with E-state index >= 15 is 0 Å². The van der Waals surface area contributed by atoms with Crippen molar-refractivity contribution in [2.24, 2.45) is 0 Å². The summed E-state index contributed by atoms with van der Waals surface area (Å²) in [4.78, 5) is 0. The number of hydrogen-bond acceptors (Lipinski definition) is 0. The Labute approximate surface area is 86.9 Å². The van der Waals surface area contributed by atoms with Gasteiger partial charge >= 0.3 is 87.0 Å². The number of halogens is 1. The Kier molecular flexibility index (Phi) is 2.62. The molecule has 0 aromatic heterocycles. The zero-order chi connectivity index (χ0) is 9.26. The zero-order valence-electron chi connectivity index (χ0n) is 7.37. The Hall–Kier alpha value is -0.452. The van der Waals surface area contributed by atoms with E-state index in [1.165, 1.54) is 15.1 Å². The monoisotopic (exact) mass is 252 g/mol. The molecule has 2 heteroatoms. The van der Waals surface area contributed by atoms with Crippen molar-refractivity contribution in [2.75, 3.05) is 0 Å². The van der Waals surface area contributed by atoms with Crippen LogP contribution in [0.3, 0.4) is 0 Å². The van der Waals surface area contributed by atoms with Gasteiger partial charge in [0.2, 0.25) is 0 Å². The van der Waals surface area contributed by atoms with Crippen LogP contribution in [0.1, 0.15) is 0 Å². The molecule has 0 aliphatic carbocycles. The first-order valence-electron chi connectivity index (χ1n) is 4.16. The van der Waals surface area contributed by atoms with Crippen LogP contribution in [0.5, 0.6) is 0 Å². The van der Waals surface area contributed by atoms with E-state index in [1.54, 1.807) is 0 Å². The molecule has 0 amide bonds. The average Bonchev–Trinajstić information content (AvgIpc) is 2.17. The quantitative estimate of drug-likeness (QED) is 0.685. The Balaban J connectivity index is 2.76. The summed E-state index contributed by atoms with van der Waals surface area (Å²) in [6.07, 6.45) is 0. The third-order valence-corrected chi connectivity index (χ3v) is 5.26. The van der Waals surface area contributed by atoms with E-state index in [2.05, 4.69) is 48.2 Å². The molecule has 0 heterocycles. The summed E-state index contributed by atoms with van der Waals surface area (Å²) >= 11 is -1.27. The third kappa shape index (κ3) is 1.75. The van der Waals surface area contributed by atoms with Gasteiger partial charge in [-0.2, -0.15) is 0 Å². The molecule has 1 unspecified atom stereocenters. The first-order valence-corrected chi connectivity index (χ1v) is 9.44. The molecule has 2 aromatic carbocycles. The van der Waals surface area contributed by atoms with Gasteiger partial charge in [-0.3, -0.25) is 0 Å². The van der Waals surface area contributed by atoms with Gasteiger partial charge in [0.25, 0.3) is 0 Å². The maximum atomic E-state index is 6.23. The molecular weight excluding hydrogens is 242 g/mol. The first-order chi connectivity index (χ1) is 6.29. The summed E-state index contributed by atoms with van der Waals surface area (Å²) in [7, 11) is 6.23. The Morgan fingerprint density at radius 3 is 2.46 bits per heavy atom. The third-order valence-electron chi connectivity index (χ3n) is 2.10. The average molecular weight is 253 g/mol. The van der Waals surface area contributed by atoms with E-state index in [0.29, 0.717) is 0 Å². The van der Waals surface area contributed by atoms with Crippen LogP contribution in [-0.4, -0.2) is 13.7 Å². The fourth-order valence-electron chi connectivity index (χ4n) is 1.48.